The van der Waals surface area contributed by atoms with Crippen LogP contribution in [0, 0.1) is 0 Å². The number of hydrogen-bond acceptors (Lipinski definition) is 1. The largest absolute Gasteiger partial charge is 0.392 e. The lowest BCUT2D eigenvalue weighted by Gasteiger charge is -1.89. The Morgan fingerprint density at radius 1 is 1.17 bits per heavy atom. The first-order chi connectivity index (χ1) is 8.74. The Labute approximate surface area is 112 Å². The van der Waals surface area contributed by atoms with E-state index in [1.807, 2.05) is 37.3 Å². The highest BCUT2D eigenvalue weighted by Gasteiger charge is 1.81. The fourth-order valence-corrected chi connectivity index (χ4v) is 1.01. The minimum atomic E-state index is 0.140. The van der Waals surface area contributed by atoms with Crippen LogP contribution in [0.25, 0.3) is 0 Å². The minimum absolute atomic E-state index is 0.140. The number of hydrogen-bond donors (Lipinski definition) is 1. The molecule has 1 N–H and O–H groups in total. The molecule has 0 fully saturated rings. The number of rotatable bonds is 3. The zero-order valence-electron chi connectivity index (χ0n) is 11.9. The van der Waals surface area contributed by atoms with E-state index < -0.39 is 0 Å². The molecule has 100 valence electrons. The third-order valence-corrected chi connectivity index (χ3v) is 2.19. The predicted octanol–water partition coefficient (Wildman–Crippen LogP) is 4.90. The van der Waals surface area contributed by atoms with Crippen molar-refractivity contribution in [2.75, 3.05) is 0 Å². The fraction of sp³-hybridized carbons (Fsp3) is 0.294. The molecular formula is C17H26O. The average molecular weight is 246 g/mol. The second kappa shape index (κ2) is 15.4. The molecule has 0 unspecified atom stereocenters. The molecule has 1 aromatic carbocycles. The van der Waals surface area contributed by atoms with E-state index in [9.17, 15) is 0 Å². The summed E-state index contributed by atoms with van der Waals surface area (Å²) in [7, 11) is 0. The third-order valence-electron chi connectivity index (χ3n) is 2.19. The van der Waals surface area contributed by atoms with Crippen LogP contribution in [0.1, 0.15) is 32.8 Å². The molecule has 1 rings (SSSR count). The average Bonchev–Trinajstić information content (AvgIpc) is 2.48. The molecule has 1 nitrogen and oxygen atoms in total. The minimum Gasteiger partial charge on any atom is -0.392 e. The Balaban J connectivity index is 0. The predicted molar refractivity (Wildman–Crippen MR) is 82.5 cm³/mol. The summed E-state index contributed by atoms with van der Waals surface area (Å²) in [5.74, 6) is 0. The molecule has 0 aliphatic carbocycles. The Morgan fingerprint density at radius 3 is 2.06 bits per heavy atom. The van der Waals surface area contributed by atoms with Crippen molar-refractivity contribution in [2.24, 2.45) is 0 Å². The van der Waals surface area contributed by atoms with Gasteiger partial charge in [0.25, 0.3) is 0 Å². The van der Waals surface area contributed by atoms with Gasteiger partial charge in [-0.15, -0.1) is 13.2 Å². The topological polar surface area (TPSA) is 20.2 Å². The second-order valence-corrected chi connectivity index (χ2v) is 3.55. The number of benzene rings is 1. The van der Waals surface area contributed by atoms with E-state index in [2.05, 4.69) is 45.2 Å². The number of aliphatic hydroxyl groups is 1. The van der Waals surface area contributed by atoms with Crippen molar-refractivity contribution >= 4 is 0 Å². The summed E-state index contributed by atoms with van der Waals surface area (Å²) in [4.78, 5) is 0. The molecule has 1 heteroatoms. The summed E-state index contributed by atoms with van der Waals surface area (Å²) in [6, 6.07) is 9.52. The molecule has 0 heterocycles. The number of aliphatic hydroxyl groups excluding tert-OH is 1. The molecule has 0 aliphatic heterocycles. The van der Waals surface area contributed by atoms with Gasteiger partial charge in [-0.05, 0) is 32.8 Å². The smallest absolute Gasteiger partial charge is 0.0681 e. The first kappa shape index (κ1) is 18.8. The standard InChI is InChI=1S/C8H14.C7H8O.C2H4/c1-4-6-7-8(3)5-2;8-6-7-4-2-1-3-5-7;1-2/h4-6H,7H2,1-3H3;1-5,8H,6H2;1-2H2/b6-4-,8-5-;;. The maximum Gasteiger partial charge on any atom is 0.0681 e. The molecule has 0 spiro atoms. The Bertz CT molecular complexity index is 323. The van der Waals surface area contributed by atoms with Crippen molar-refractivity contribution in [1.82, 2.24) is 0 Å². The van der Waals surface area contributed by atoms with Crippen LogP contribution in [-0.2, 0) is 6.61 Å². The van der Waals surface area contributed by atoms with Crippen LogP contribution < -0.4 is 0 Å². The normalized spacial score (nSPS) is 10.1. The van der Waals surface area contributed by atoms with E-state index in [-0.39, 0.29) is 6.61 Å². The van der Waals surface area contributed by atoms with Gasteiger partial charge in [-0.25, -0.2) is 0 Å². The van der Waals surface area contributed by atoms with Crippen molar-refractivity contribution in [2.45, 2.75) is 33.8 Å². The van der Waals surface area contributed by atoms with Gasteiger partial charge in [-0.2, -0.15) is 0 Å². The van der Waals surface area contributed by atoms with E-state index >= 15 is 0 Å². The maximum atomic E-state index is 8.54. The summed E-state index contributed by atoms with van der Waals surface area (Å²) in [5.41, 5.74) is 2.40. The molecule has 0 bridgehead atoms. The van der Waals surface area contributed by atoms with Crippen LogP contribution in [0.15, 0.2) is 67.3 Å². The van der Waals surface area contributed by atoms with Gasteiger partial charge in [0.1, 0.15) is 0 Å². The van der Waals surface area contributed by atoms with Gasteiger partial charge in [0, 0.05) is 0 Å². The van der Waals surface area contributed by atoms with Gasteiger partial charge in [0.05, 0.1) is 6.61 Å². The first-order valence-electron chi connectivity index (χ1n) is 6.12. The molecule has 1 aromatic rings. The Kier molecular flexibility index (Phi) is 16.0. The van der Waals surface area contributed by atoms with Crippen molar-refractivity contribution in [3.8, 4) is 0 Å². The lowest BCUT2D eigenvalue weighted by molar-refractivity contribution is 0.282. The van der Waals surface area contributed by atoms with Gasteiger partial charge in [-0.1, -0.05) is 54.1 Å². The summed E-state index contributed by atoms with van der Waals surface area (Å²) in [6.45, 7) is 12.4. The molecule has 0 atom stereocenters. The van der Waals surface area contributed by atoms with Crippen LogP contribution in [0.3, 0.4) is 0 Å². The van der Waals surface area contributed by atoms with Crippen LogP contribution in [-0.4, -0.2) is 5.11 Å². The summed E-state index contributed by atoms with van der Waals surface area (Å²) < 4.78 is 0. The third kappa shape index (κ3) is 12.5. The van der Waals surface area contributed by atoms with Crippen LogP contribution in [0.5, 0.6) is 0 Å². The zero-order chi connectivity index (χ0) is 14.2. The van der Waals surface area contributed by atoms with Gasteiger partial charge >= 0.3 is 0 Å². The van der Waals surface area contributed by atoms with Crippen molar-refractivity contribution in [3.05, 3.63) is 72.9 Å². The van der Waals surface area contributed by atoms with Gasteiger partial charge < -0.3 is 5.11 Å². The Hall–Kier alpha value is -1.60. The van der Waals surface area contributed by atoms with E-state index in [1.54, 1.807) is 0 Å². The molecule has 0 aliphatic rings. The molecule has 0 radical (unpaired) electrons. The highest BCUT2D eigenvalue weighted by molar-refractivity contribution is 5.12. The van der Waals surface area contributed by atoms with Gasteiger partial charge in [-0.3, -0.25) is 0 Å². The second-order valence-electron chi connectivity index (χ2n) is 3.55. The zero-order valence-corrected chi connectivity index (χ0v) is 11.9. The Morgan fingerprint density at radius 2 is 1.72 bits per heavy atom. The quantitative estimate of drug-likeness (QED) is 0.752. The maximum absolute atomic E-state index is 8.54. The molecule has 0 saturated heterocycles. The van der Waals surface area contributed by atoms with Crippen LogP contribution >= 0.6 is 0 Å². The molecule has 0 saturated carbocycles. The van der Waals surface area contributed by atoms with E-state index in [0.717, 1.165) is 12.0 Å². The first-order valence-corrected chi connectivity index (χ1v) is 6.12. The van der Waals surface area contributed by atoms with Gasteiger partial charge in [0.15, 0.2) is 0 Å². The molecule has 0 aromatic heterocycles. The van der Waals surface area contributed by atoms with Crippen molar-refractivity contribution in [3.63, 3.8) is 0 Å². The lowest BCUT2D eigenvalue weighted by Crippen LogP contribution is -1.77. The molecule has 0 amide bonds. The van der Waals surface area contributed by atoms with E-state index in [0.29, 0.717) is 0 Å². The summed E-state index contributed by atoms with van der Waals surface area (Å²) in [5, 5.41) is 8.54. The number of allylic oxidation sites excluding steroid dienone is 4. The summed E-state index contributed by atoms with van der Waals surface area (Å²) >= 11 is 0. The highest BCUT2D eigenvalue weighted by atomic mass is 16.3. The summed E-state index contributed by atoms with van der Waals surface area (Å²) in [6.07, 6.45) is 7.48. The lowest BCUT2D eigenvalue weighted by atomic mass is 10.2. The van der Waals surface area contributed by atoms with E-state index in [1.165, 1.54) is 5.57 Å². The van der Waals surface area contributed by atoms with E-state index in [4.69, 9.17) is 5.11 Å². The van der Waals surface area contributed by atoms with Crippen molar-refractivity contribution < 1.29 is 5.11 Å². The highest BCUT2D eigenvalue weighted by Crippen LogP contribution is 1.98. The molecular weight excluding hydrogens is 220 g/mol. The van der Waals surface area contributed by atoms with Crippen molar-refractivity contribution in [1.29, 1.82) is 0 Å². The molecule has 18 heavy (non-hydrogen) atoms. The van der Waals surface area contributed by atoms with Crippen LogP contribution in [0.2, 0.25) is 0 Å². The monoisotopic (exact) mass is 246 g/mol. The SMILES string of the molecule is C/C=C\C/C(C)=C\C.C=C.OCc1ccccc1. The fourth-order valence-electron chi connectivity index (χ4n) is 1.01. The van der Waals surface area contributed by atoms with Crippen LogP contribution in [0.4, 0.5) is 0 Å². The van der Waals surface area contributed by atoms with Gasteiger partial charge in [0.2, 0.25) is 0 Å².